The van der Waals surface area contributed by atoms with E-state index in [9.17, 15) is 22.4 Å². The van der Waals surface area contributed by atoms with Gasteiger partial charge in [-0.05, 0) is 37.1 Å². The molecule has 2 aromatic rings. The largest absolute Gasteiger partial charge is 0.339 e. The van der Waals surface area contributed by atoms with E-state index in [4.69, 9.17) is 0 Å². The molecule has 0 unspecified atom stereocenters. The van der Waals surface area contributed by atoms with Crippen molar-refractivity contribution in [2.45, 2.75) is 17.7 Å². The van der Waals surface area contributed by atoms with Gasteiger partial charge < -0.3 is 9.80 Å². The van der Waals surface area contributed by atoms with E-state index in [-0.39, 0.29) is 35.7 Å². The summed E-state index contributed by atoms with van der Waals surface area (Å²) in [7, 11) is -3.92. The normalized spacial score (nSPS) is 18.5. The molecule has 32 heavy (non-hydrogen) atoms. The van der Waals surface area contributed by atoms with Crippen molar-refractivity contribution in [1.29, 1.82) is 0 Å². The Morgan fingerprint density at radius 1 is 0.781 bits per heavy atom. The standard InChI is InChI=1S/C23H26FN3O4S/c24-20-8-4-5-9-21(20)32(30,31)27-12-10-19(11-13-27)23(29)26-16-14-25(15-17-26)22(28)18-6-2-1-3-7-18/h1-9,19H,10-17H2. The van der Waals surface area contributed by atoms with Crippen molar-refractivity contribution in [2.75, 3.05) is 39.3 Å². The molecule has 9 heteroatoms. The van der Waals surface area contributed by atoms with E-state index in [0.717, 1.165) is 6.07 Å². The minimum Gasteiger partial charge on any atom is -0.339 e. The Hall–Kier alpha value is -2.78. The first-order valence-corrected chi connectivity index (χ1v) is 12.2. The number of carbonyl (C=O) groups is 2. The number of nitrogens with zero attached hydrogens (tertiary/aromatic N) is 3. The lowest BCUT2D eigenvalue weighted by molar-refractivity contribution is -0.138. The van der Waals surface area contributed by atoms with Crippen molar-refractivity contribution in [1.82, 2.24) is 14.1 Å². The third kappa shape index (κ3) is 4.54. The smallest absolute Gasteiger partial charge is 0.253 e. The van der Waals surface area contributed by atoms with Crippen LogP contribution in [0.25, 0.3) is 0 Å². The molecule has 0 atom stereocenters. The van der Waals surface area contributed by atoms with Crippen LogP contribution < -0.4 is 0 Å². The molecule has 2 heterocycles. The van der Waals surface area contributed by atoms with Crippen LogP contribution in [0.3, 0.4) is 0 Å². The van der Waals surface area contributed by atoms with Gasteiger partial charge in [-0.1, -0.05) is 30.3 Å². The number of amides is 2. The van der Waals surface area contributed by atoms with E-state index in [0.29, 0.717) is 44.6 Å². The van der Waals surface area contributed by atoms with Gasteiger partial charge in [0.05, 0.1) is 0 Å². The molecule has 2 aromatic carbocycles. The maximum atomic E-state index is 14.0. The van der Waals surface area contributed by atoms with Gasteiger partial charge in [-0.3, -0.25) is 9.59 Å². The number of benzene rings is 2. The Balaban J connectivity index is 1.31. The second-order valence-electron chi connectivity index (χ2n) is 8.09. The molecule has 0 N–H and O–H groups in total. The molecule has 2 aliphatic heterocycles. The molecule has 0 radical (unpaired) electrons. The van der Waals surface area contributed by atoms with Crippen molar-refractivity contribution < 1.29 is 22.4 Å². The Bertz CT molecular complexity index is 1080. The summed E-state index contributed by atoms with van der Waals surface area (Å²) in [5, 5.41) is 0. The van der Waals surface area contributed by atoms with E-state index in [2.05, 4.69) is 0 Å². The van der Waals surface area contributed by atoms with Crippen molar-refractivity contribution in [3.05, 3.63) is 66.0 Å². The molecule has 2 saturated heterocycles. The van der Waals surface area contributed by atoms with Gasteiger partial charge in [0, 0.05) is 50.7 Å². The molecule has 0 spiro atoms. The Kier molecular flexibility index (Phi) is 6.57. The van der Waals surface area contributed by atoms with E-state index >= 15 is 0 Å². The predicted octanol–water partition coefficient (Wildman–Crippen LogP) is 2.21. The zero-order valence-electron chi connectivity index (χ0n) is 17.7. The van der Waals surface area contributed by atoms with Crippen LogP contribution in [0.4, 0.5) is 4.39 Å². The van der Waals surface area contributed by atoms with Gasteiger partial charge >= 0.3 is 0 Å². The lowest BCUT2D eigenvalue weighted by Crippen LogP contribution is -2.53. The van der Waals surface area contributed by atoms with Crippen molar-refractivity contribution >= 4 is 21.8 Å². The number of hydrogen-bond acceptors (Lipinski definition) is 4. The molecule has 0 aromatic heterocycles. The first-order valence-electron chi connectivity index (χ1n) is 10.8. The number of piperazine rings is 1. The van der Waals surface area contributed by atoms with E-state index in [1.165, 1.54) is 22.5 Å². The SMILES string of the molecule is O=C(c1ccccc1)N1CCN(C(=O)C2CCN(S(=O)(=O)c3ccccc3F)CC2)CC1. The van der Waals surface area contributed by atoms with Gasteiger partial charge in [-0.25, -0.2) is 12.8 Å². The average Bonchev–Trinajstić information content (AvgIpc) is 2.84. The summed E-state index contributed by atoms with van der Waals surface area (Å²) >= 11 is 0. The first-order chi connectivity index (χ1) is 15.4. The highest BCUT2D eigenvalue weighted by Crippen LogP contribution is 2.26. The molecule has 7 nitrogen and oxygen atoms in total. The topological polar surface area (TPSA) is 78.0 Å². The van der Waals surface area contributed by atoms with Crippen LogP contribution >= 0.6 is 0 Å². The molecule has 0 aliphatic carbocycles. The van der Waals surface area contributed by atoms with Crippen LogP contribution in [0.2, 0.25) is 0 Å². The predicted molar refractivity (Wildman–Crippen MR) is 117 cm³/mol. The lowest BCUT2D eigenvalue weighted by Gasteiger charge is -2.38. The first kappa shape index (κ1) is 22.4. The van der Waals surface area contributed by atoms with Gasteiger partial charge in [-0.2, -0.15) is 4.31 Å². The summed E-state index contributed by atoms with van der Waals surface area (Å²) in [6.07, 6.45) is 0.797. The molecule has 4 rings (SSSR count). The molecule has 0 saturated carbocycles. The van der Waals surface area contributed by atoms with Gasteiger partial charge in [0.25, 0.3) is 5.91 Å². The fourth-order valence-electron chi connectivity index (χ4n) is 4.29. The highest BCUT2D eigenvalue weighted by Gasteiger charge is 2.36. The van der Waals surface area contributed by atoms with Crippen LogP contribution in [-0.2, 0) is 14.8 Å². The number of carbonyl (C=O) groups excluding carboxylic acids is 2. The lowest BCUT2D eigenvalue weighted by atomic mass is 9.96. The van der Waals surface area contributed by atoms with Gasteiger partial charge in [0.15, 0.2) is 0 Å². The van der Waals surface area contributed by atoms with Crippen LogP contribution in [0.1, 0.15) is 23.2 Å². The van der Waals surface area contributed by atoms with Gasteiger partial charge in [0.2, 0.25) is 15.9 Å². The zero-order chi connectivity index (χ0) is 22.7. The monoisotopic (exact) mass is 459 g/mol. The van der Waals surface area contributed by atoms with E-state index < -0.39 is 15.8 Å². The fraction of sp³-hybridized carbons (Fsp3) is 0.391. The average molecular weight is 460 g/mol. The number of halogens is 1. The summed E-state index contributed by atoms with van der Waals surface area (Å²) in [5.41, 5.74) is 0.635. The second-order valence-corrected chi connectivity index (χ2v) is 10.00. The van der Waals surface area contributed by atoms with Gasteiger partial charge in [0.1, 0.15) is 10.7 Å². The highest BCUT2D eigenvalue weighted by molar-refractivity contribution is 7.89. The zero-order valence-corrected chi connectivity index (χ0v) is 18.5. The Morgan fingerprint density at radius 2 is 1.34 bits per heavy atom. The summed E-state index contributed by atoms with van der Waals surface area (Å²) < 4.78 is 40.8. The Morgan fingerprint density at radius 3 is 1.97 bits per heavy atom. The molecule has 2 amide bonds. The molecular weight excluding hydrogens is 433 g/mol. The highest BCUT2D eigenvalue weighted by atomic mass is 32.2. The van der Waals surface area contributed by atoms with Crippen LogP contribution in [0.5, 0.6) is 0 Å². The van der Waals surface area contributed by atoms with E-state index in [1.807, 2.05) is 18.2 Å². The maximum Gasteiger partial charge on any atom is 0.253 e. The summed E-state index contributed by atoms with van der Waals surface area (Å²) in [6, 6.07) is 14.4. The number of sulfonamides is 1. The summed E-state index contributed by atoms with van der Waals surface area (Å²) in [5.74, 6) is -1.07. The molecule has 2 aliphatic rings. The van der Waals surface area contributed by atoms with Crippen LogP contribution in [0.15, 0.2) is 59.5 Å². The minimum absolute atomic E-state index is 0.000232. The number of rotatable bonds is 4. The number of piperidine rings is 1. The molecule has 0 bridgehead atoms. The van der Waals surface area contributed by atoms with E-state index in [1.54, 1.807) is 21.9 Å². The molecule has 170 valence electrons. The van der Waals surface area contributed by atoms with Crippen LogP contribution in [0, 0.1) is 11.7 Å². The second kappa shape index (κ2) is 9.38. The Labute approximate surface area is 187 Å². The molecular formula is C23H26FN3O4S. The van der Waals surface area contributed by atoms with Crippen molar-refractivity contribution in [3.63, 3.8) is 0 Å². The summed E-state index contributed by atoms with van der Waals surface area (Å²) in [6.45, 7) is 2.23. The molecule has 2 fully saturated rings. The minimum atomic E-state index is -3.92. The fourth-order valence-corrected chi connectivity index (χ4v) is 5.82. The third-order valence-corrected chi connectivity index (χ3v) is 8.09. The van der Waals surface area contributed by atoms with Gasteiger partial charge in [-0.15, -0.1) is 0 Å². The van der Waals surface area contributed by atoms with Crippen molar-refractivity contribution in [2.24, 2.45) is 5.92 Å². The quantitative estimate of drug-likeness (QED) is 0.703. The number of hydrogen-bond donors (Lipinski definition) is 0. The summed E-state index contributed by atoms with van der Waals surface area (Å²) in [4.78, 5) is 28.7. The third-order valence-electron chi connectivity index (χ3n) is 6.16. The van der Waals surface area contributed by atoms with Crippen LogP contribution in [-0.4, -0.2) is 73.6 Å². The maximum absolute atomic E-state index is 14.0. The van der Waals surface area contributed by atoms with Crippen molar-refractivity contribution in [3.8, 4) is 0 Å².